The zero-order valence-electron chi connectivity index (χ0n) is 13.8. The average Bonchev–Trinajstić information content (AvgIpc) is 3.37. The lowest BCUT2D eigenvalue weighted by molar-refractivity contribution is 0.0925. The number of benzene rings is 2. The van der Waals surface area contributed by atoms with E-state index >= 15 is 0 Å². The van der Waals surface area contributed by atoms with Gasteiger partial charge >= 0.3 is 0 Å². The van der Waals surface area contributed by atoms with Gasteiger partial charge in [-0.2, -0.15) is 0 Å². The summed E-state index contributed by atoms with van der Waals surface area (Å²) in [6.45, 7) is 3.67. The number of carbonyl (C=O) groups is 1. The van der Waals surface area contributed by atoms with Gasteiger partial charge in [-0.25, -0.2) is 9.97 Å². The van der Waals surface area contributed by atoms with E-state index in [0.29, 0.717) is 11.5 Å². The molecule has 4 rings (SSSR count). The minimum atomic E-state index is -0.275. The van der Waals surface area contributed by atoms with Gasteiger partial charge in [0.1, 0.15) is 11.5 Å². The van der Waals surface area contributed by atoms with Gasteiger partial charge in [-0.1, -0.05) is 42.5 Å². The predicted molar refractivity (Wildman–Crippen MR) is 95.9 cm³/mol. The van der Waals surface area contributed by atoms with Crippen LogP contribution in [0.25, 0.3) is 10.8 Å². The van der Waals surface area contributed by atoms with E-state index in [-0.39, 0.29) is 12.9 Å². The summed E-state index contributed by atoms with van der Waals surface area (Å²) in [6, 6.07) is 14.6. The number of amides is 1. The molecule has 4 nitrogen and oxygen atoms in total. The van der Waals surface area contributed by atoms with Crippen LogP contribution in [0.15, 0.2) is 48.7 Å². The summed E-state index contributed by atoms with van der Waals surface area (Å²) in [6.07, 6.45) is 3.61. The van der Waals surface area contributed by atoms with Crippen molar-refractivity contribution in [2.45, 2.75) is 32.2 Å². The van der Waals surface area contributed by atoms with Crippen LogP contribution in [0, 0.1) is 13.8 Å². The molecule has 1 saturated carbocycles. The van der Waals surface area contributed by atoms with Crippen molar-refractivity contribution in [1.29, 1.82) is 0 Å². The van der Waals surface area contributed by atoms with E-state index < -0.39 is 0 Å². The highest BCUT2D eigenvalue weighted by Gasteiger charge is 2.46. The molecule has 0 saturated heterocycles. The van der Waals surface area contributed by atoms with E-state index in [0.717, 1.165) is 18.4 Å². The third-order valence-electron chi connectivity index (χ3n) is 4.72. The number of rotatable bonds is 3. The van der Waals surface area contributed by atoms with E-state index in [4.69, 9.17) is 0 Å². The van der Waals surface area contributed by atoms with Gasteiger partial charge in [0, 0.05) is 7.62 Å². The van der Waals surface area contributed by atoms with E-state index in [1.807, 2.05) is 19.1 Å². The van der Waals surface area contributed by atoms with Crippen LogP contribution in [0.3, 0.4) is 0 Å². The standard InChI is InChI=1S/C20H19N3O.H2/c1-13-12-21-14(2)22-18(13)19(24)23-20(10-11-20)17-9-5-7-15-6-3-4-8-16(15)17;/h3-9,12H,10-11H2,1-2H3,(H,23,24);1H. The predicted octanol–water partition coefficient (Wildman–Crippen LogP) is 3.91. The Morgan fingerprint density at radius 2 is 1.88 bits per heavy atom. The molecular weight excluding hydrogens is 298 g/mol. The fourth-order valence-corrected chi connectivity index (χ4v) is 3.27. The van der Waals surface area contributed by atoms with Crippen LogP contribution in [0.4, 0.5) is 0 Å². The molecule has 1 heterocycles. The lowest BCUT2D eigenvalue weighted by Crippen LogP contribution is -2.36. The van der Waals surface area contributed by atoms with Crippen LogP contribution in [-0.4, -0.2) is 15.9 Å². The number of nitrogens with zero attached hydrogens (tertiary/aromatic N) is 2. The first-order valence-electron chi connectivity index (χ1n) is 8.20. The van der Waals surface area contributed by atoms with Crippen molar-refractivity contribution < 1.29 is 6.22 Å². The molecule has 1 aromatic heterocycles. The van der Waals surface area contributed by atoms with Crippen molar-refractivity contribution in [3.63, 3.8) is 0 Å². The zero-order valence-corrected chi connectivity index (χ0v) is 13.8. The van der Waals surface area contributed by atoms with Crippen molar-refractivity contribution in [1.82, 2.24) is 15.3 Å². The first-order valence-corrected chi connectivity index (χ1v) is 8.20. The Hall–Kier alpha value is -2.75. The molecule has 0 atom stereocenters. The Kier molecular flexibility index (Phi) is 3.34. The Morgan fingerprint density at radius 3 is 2.67 bits per heavy atom. The number of nitrogens with one attached hydrogen (secondary N) is 1. The Labute approximate surface area is 142 Å². The number of hydrogen-bond acceptors (Lipinski definition) is 3. The Morgan fingerprint density at radius 1 is 1.12 bits per heavy atom. The molecule has 24 heavy (non-hydrogen) atoms. The summed E-state index contributed by atoms with van der Waals surface area (Å²) in [5.41, 5.74) is 2.18. The number of aryl methyl sites for hydroxylation is 2. The van der Waals surface area contributed by atoms with Crippen LogP contribution in [0.5, 0.6) is 0 Å². The minimum Gasteiger partial charge on any atom is -0.341 e. The molecule has 0 unspecified atom stereocenters. The van der Waals surface area contributed by atoms with Gasteiger partial charge in [-0.3, -0.25) is 4.79 Å². The molecule has 1 amide bonds. The van der Waals surface area contributed by atoms with Gasteiger partial charge in [0.2, 0.25) is 0 Å². The van der Waals surface area contributed by atoms with Gasteiger partial charge in [-0.05, 0) is 48.6 Å². The second-order valence-electron chi connectivity index (χ2n) is 6.51. The molecular formula is C20H21N3O. The van der Waals surface area contributed by atoms with E-state index in [1.165, 1.54) is 16.3 Å². The maximum Gasteiger partial charge on any atom is 0.270 e. The first-order chi connectivity index (χ1) is 11.6. The van der Waals surface area contributed by atoms with Gasteiger partial charge in [0.05, 0.1) is 5.54 Å². The fraction of sp³-hybridized carbons (Fsp3) is 0.250. The molecule has 122 valence electrons. The van der Waals surface area contributed by atoms with Crippen LogP contribution in [0.1, 0.15) is 41.7 Å². The van der Waals surface area contributed by atoms with Gasteiger partial charge < -0.3 is 5.32 Å². The topological polar surface area (TPSA) is 54.9 Å². The van der Waals surface area contributed by atoms with Crippen LogP contribution in [-0.2, 0) is 5.54 Å². The number of aromatic nitrogens is 2. The van der Waals surface area contributed by atoms with Crippen molar-refractivity contribution >= 4 is 16.7 Å². The summed E-state index contributed by atoms with van der Waals surface area (Å²) in [7, 11) is 0. The summed E-state index contributed by atoms with van der Waals surface area (Å²) in [4.78, 5) is 21.2. The van der Waals surface area contributed by atoms with E-state index in [1.54, 1.807) is 13.1 Å². The number of hydrogen-bond donors (Lipinski definition) is 1. The fourth-order valence-electron chi connectivity index (χ4n) is 3.27. The van der Waals surface area contributed by atoms with Gasteiger partial charge in [0.25, 0.3) is 5.91 Å². The quantitative estimate of drug-likeness (QED) is 0.796. The molecule has 0 spiro atoms. The van der Waals surface area contributed by atoms with Crippen molar-refractivity contribution in [3.8, 4) is 0 Å². The SMILES string of the molecule is Cc1ncc(C)c(C(=O)NC2(c3cccc4ccccc34)CC2)n1.[HH]. The monoisotopic (exact) mass is 319 g/mol. The van der Waals surface area contributed by atoms with Crippen molar-refractivity contribution in [2.24, 2.45) is 0 Å². The highest BCUT2D eigenvalue weighted by Crippen LogP contribution is 2.48. The number of carbonyl (C=O) groups excluding carboxylic acids is 1. The van der Waals surface area contributed by atoms with Crippen LogP contribution >= 0.6 is 0 Å². The van der Waals surface area contributed by atoms with E-state index in [2.05, 4.69) is 45.6 Å². The first kappa shape index (κ1) is 14.8. The maximum atomic E-state index is 12.8. The molecule has 0 bridgehead atoms. The summed E-state index contributed by atoms with van der Waals surface area (Å²) >= 11 is 0. The second-order valence-corrected chi connectivity index (χ2v) is 6.51. The van der Waals surface area contributed by atoms with Crippen molar-refractivity contribution in [2.75, 3.05) is 0 Å². The van der Waals surface area contributed by atoms with Crippen LogP contribution in [0.2, 0.25) is 0 Å². The molecule has 1 aliphatic rings. The van der Waals surface area contributed by atoms with Crippen LogP contribution < -0.4 is 5.32 Å². The summed E-state index contributed by atoms with van der Waals surface area (Å²) in [5.74, 6) is 0.490. The third-order valence-corrected chi connectivity index (χ3v) is 4.72. The lowest BCUT2D eigenvalue weighted by atomic mass is 9.96. The average molecular weight is 319 g/mol. The zero-order chi connectivity index (χ0) is 16.7. The molecule has 4 heteroatoms. The summed E-state index contributed by atoms with van der Waals surface area (Å²) in [5, 5.41) is 5.63. The maximum absolute atomic E-state index is 12.8. The highest BCUT2D eigenvalue weighted by molar-refractivity contribution is 5.95. The molecule has 0 radical (unpaired) electrons. The van der Waals surface area contributed by atoms with Gasteiger partial charge in [0.15, 0.2) is 0 Å². The molecule has 0 aliphatic heterocycles. The highest BCUT2D eigenvalue weighted by atomic mass is 16.2. The molecule has 3 aromatic rings. The second kappa shape index (κ2) is 5.41. The normalized spacial score (nSPS) is 15.2. The minimum absolute atomic E-state index is 0. The molecule has 1 aliphatic carbocycles. The molecule has 1 N–H and O–H groups in total. The largest absolute Gasteiger partial charge is 0.341 e. The van der Waals surface area contributed by atoms with Gasteiger partial charge in [-0.15, -0.1) is 0 Å². The molecule has 2 aromatic carbocycles. The molecule has 1 fully saturated rings. The van der Waals surface area contributed by atoms with Crippen molar-refractivity contribution in [3.05, 3.63) is 71.3 Å². The lowest BCUT2D eigenvalue weighted by Gasteiger charge is -2.20. The Balaban J connectivity index is 0.00000182. The number of fused-ring (bicyclic) bond motifs is 1. The van der Waals surface area contributed by atoms with E-state index in [9.17, 15) is 4.79 Å². The third kappa shape index (κ3) is 2.44. The smallest absolute Gasteiger partial charge is 0.270 e. The summed E-state index contributed by atoms with van der Waals surface area (Å²) < 4.78 is 0. The Bertz CT molecular complexity index is 945.